The summed E-state index contributed by atoms with van der Waals surface area (Å²) in [5.74, 6) is 0.0123. The molecule has 1 unspecified atom stereocenters. The molecule has 0 aromatic heterocycles. The quantitative estimate of drug-likeness (QED) is 0.940. The molecule has 4 nitrogen and oxygen atoms in total. The van der Waals surface area contributed by atoms with E-state index in [1.807, 2.05) is 0 Å². The molecule has 0 saturated heterocycles. The second-order valence-corrected chi connectivity index (χ2v) is 4.84. The summed E-state index contributed by atoms with van der Waals surface area (Å²) >= 11 is 0. The van der Waals surface area contributed by atoms with Gasteiger partial charge in [0.25, 0.3) is 0 Å². The zero-order valence-electron chi connectivity index (χ0n) is 11.1. The van der Waals surface area contributed by atoms with Crippen LogP contribution in [0.1, 0.15) is 15.9 Å². The van der Waals surface area contributed by atoms with Crippen molar-refractivity contribution in [2.24, 2.45) is 0 Å². The summed E-state index contributed by atoms with van der Waals surface area (Å²) in [6.45, 7) is 0.322. The van der Waals surface area contributed by atoms with E-state index in [1.54, 1.807) is 18.2 Å². The summed E-state index contributed by atoms with van der Waals surface area (Å²) in [7, 11) is 0. The van der Waals surface area contributed by atoms with Gasteiger partial charge in [0, 0.05) is 12.0 Å². The Morgan fingerprint density at radius 3 is 2.76 bits per heavy atom. The van der Waals surface area contributed by atoms with Gasteiger partial charge in [-0.2, -0.15) is 0 Å². The first kappa shape index (κ1) is 13.4. The summed E-state index contributed by atoms with van der Waals surface area (Å²) < 4.78 is 24.3. The number of carboxylic acid groups (broad SMARTS) is 1. The highest BCUT2D eigenvalue weighted by Gasteiger charge is 2.23. The number of hydrogen-bond acceptors (Lipinski definition) is 3. The highest BCUT2D eigenvalue weighted by atomic mass is 19.1. The third-order valence-electron chi connectivity index (χ3n) is 3.30. The van der Waals surface area contributed by atoms with E-state index >= 15 is 0 Å². The molecule has 0 saturated carbocycles. The van der Waals surface area contributed by atoms with Crippen LogP contribution >= 0.6 is 0 Å². The van der Waals surface area contributed by atoms with Crippen LogP contribution < -0.4 is 9.47 Å². The fourth-order valence-electron chi connectivity index (χ4n) is 2.26. The third kappa shape index (κ3) is 2.97. The molecule has 108 valence electrons. The molecule has 0 spiro atoms. The Morgan fingerprint density at radius 1 is 1.29 bits per heavy atom. The standard InChI is InChI=1S/C16H13FO4/c17-12-3-6-15-11(7-12)8-14(21-15)9-20-13-4-1-10(2-5-13)16(18)19/h1-7,14H,8-9H2,(H,18,19). The highest BCUT2D eigenvalue weighted by molar-refractivity contribution is 5.87. The van der Waals surface area contributed by atoms with Crippen LogP contribution in [-0.2, 0) is 6.42 Å². The lowest BCUT2D eigenvalue weighted by Crippen LogP contribution is -2.22. The topological polar surface area (TPSA) is 55.8 Å². The molecule has 2 aromatic rings. The molecule has 5 heteroatoms. The van der Waals surface area contributed by atoms with Crippen molar-refractivity contribution < 1.29 is 23.8 Å². The predicted molar refractivity (Wildman–Crippen MR) is 73.4 cm³/mol. The molecule has 1 aliphatic heterocycles. The number of halogens is 1. The van der Waals surface area contributed by atoms with E-state index in [9.17, 15) is 9.18 Å². The van der Waals surface area contributed by atoms with Gasteiger partial charge >= 0.3 is 5.97 Å². The fraction of sp³-hybridized carbons (Fsp3) is 0.188. The van der Waals surface area contributed by atoms with Gasteiger partial charge in [-0.3, -0.25) is 0 Å². The molecular formula is C16H13FO4. The van der Waals surface area contributed by atoms with E-state index in [0.29, 0.717) is 24.5 Å². The molecule has 3 rings (SSSR count). The first-order valence-electron chi connectivity index (χ1n) is 6.53. The van der Waals surface area contributed by atoms with Crippen LogP contribution in [0, 0.1) is 5.82 Å². The number of benzene rings is 2. The Hall–Kier alpha value is -2.56. The molecule has 0 bridgehead atoms. The Bertz CT molecular complexity index is 666. The highest BCUT2D eigenvalue weighted by Crippen LogP contribution is 2.29. The van der Waals surface area contributed by atoms with Gasteiger partial charge in [0.05, 0.1) is 5.56 Å². The van der Waals surface area contributed by atoms with Crippen LogP contribution in [0.4, 0.5) is 4.39 Å². The van der Waals surface area contributed by atoms with Crippen molar-refractivity contribution >= 4 is 5.97 Å². The van der Waals surface area contributed by atoms with Crippen molar-refractivity contribution in [3.05, 3.63) is 59.4 Å². The maximum Gasteiger partial charge on any atom is 0.335 e. The largest absolute Gasteiger partial charge is 0.490 e. The van der Waals surface area contributed by atoms with E-state index < -0.39 is 5.97 Å². The second-order valence-electron chi connectivity index (χ2n) is 4.84. The number of aromatic carboxylic acids is 1. The molecule has 0 fully saturated rings. The molecule has 1 atom stereocenters. The molecule has 0 amide bonds. The number of carboxylic acids is 1. The molecular weight excluding hydrogens is 275 g/mol. The molecule has 0 aliphatic carbocycles. The van der Waals surface area contributed by atoms with Crippen LogP contribution in [0.2, 0.25) is 0 Å². The van der Waals surface area contributed by atoms with Crippen molar-refractivity contribution in [2.45, 2.75) is 12.5 Å². The zero-order valence-corrected chi connectivity index (χ0v) is 11.1. The minimum Gasteiger partial charge on any atom is -0.490 e. The van der Waals surface area contributed by atoms with Crippen molar-refractivity contribution in [1.82, 2.24) is 0 Å². The predicted octanol–water partition coefficient (Wildman–Crippen LogP) is 2.91. The van der Waals surface area contributed by atoms with Gasteiger partial charge in [-0.1, -0.05) is 0 Å². The van der Waals surface area contributed by atoms with Gasteiger partial charge in [0.15, 0.2) is 0 Å². The number of fused-ring (bicyclic) bond motifs is 1. The monoisotopic (exact) mass is 288 g/mol. The van der Waals surface area contributed by atoms with Crippen LogP contribution in [0.15, 0.2) is 42.5 Å². The lowest BCUT2D eigenvalue weighted by atomic mass is 10.1. The van der Waals surface area contributed by atoms with Gasteiger partial charge in [0.2, 0.25) is 0 Å². The molecule has 1 aliphatic rings. The number of rotatable bonds is 4. The van der Waals surface area contributed by atoms with Gasteiger partial charge in [0.1, 0.15) is 30.0 Å². The van der Waals surface area contributed by atoms with Crippen LogP contribution in [-0.4, -0.2) is 23.8 Å². The maximum absolute atomic E-state index is 13.1. The summed E-state index contributed by atoms with van der Waals surface area (Å²) in [6, 6.07) is 10.6. The first-order valence-corrected chi connectivity index (χ1v) is 6.53. The summed E-state index contributed by atoms with van der Waals surface area (Å²) in [5.41, 5.74) is 1.05. The van der Waals surface area contributed by atoms with E-state index in [-0.39, 0.29) is 17.5 Å². The molecule has 1 N–H and O–H groups in total. The Kier molecular flexibility index (Phi) is 3.48. The summed E-state index contributed by atoms with van der Waals surface area (Å²) in [4.78, 5) is 10.7. The summed E-state index contributed by atoms with van der Waals surface area (Å²) in [5, 5.41) is 8.81. The van der Waals surface area contributed by atoms with Crippen molar-refractivity contribution in [1.29, 1.82) is 0 Å². The smallest absolute Gasteiger partial charge is 0.335 e. The van der Waals surface area contributed by atoms with Crippen molar-refractivity contribution in [2.75, 3.05) is 6.61 Å². The van der Waals surface area contributed by atoms with Gasteiger partial charge < -0.3 is 14.6 Å². The second kappa shape index (κ2) is 5.44. The summed E-state index contributed by atoms with van der Waals surface area (Å²) in [6.07, 6.45) is 0.432. The maximum atomic E-state index is 13.1. The Labute approximate surface area is 120 Å². The van der Waals surface area contributed by atoms with Gasteiger partial charge in [-0.05, 0) is 42.5 Å². The average Bonchev–Trinajstić information content (AvgIpc) is 2.87. The fourth-order valence-corrected chi connectivity index (χ4v) is 2.26. The van der Waals surface area contributed by atoms with E-state index in [2.05, 4.69) is 0 Å². The van der Waals surface area contributed by atoms with Gasteiger partial charge in [-0.15, -0.1) is 0 Å². The zero-order chi connectivity index (χ0) is 14.8. The minimum atomic E-state index is -0.974. The molecule has 2 aromatic carbocycles. The number of hydrogen-bond donors (Lipinski definition) is 1. The SMILES string of the molecule is O=C(O)c1ccc(OCC2Cc3cc(F)ccc3O2)cc1. The van der Waals surface area contributed by atoms with E-state index in [1.165, 1.54) is 24.3 Å². The normalized spacial score (nSPS) is 16.1. The van der Waals surface area contributed by atoms with Gasteiger partial charge in [-0.25, -0.2) is 9.18 Å². The van der Waals surface area contributed by atoms with Crippen LogP contribution in [0.25, 0.3) is 0 Å². The minimum absolute atomic E-state index is 0.166. The average molecular weight is 288 g/mol. The first-order chi connectivity index (χ1) is 10.1. The Morgan fingerprint density at radius 2 is 2.05 bits per heavy atom. The van der Waals surface area contributed by atoms with Crippen LogP contribution in [0.3, 0.4) is 0 Å². The van der Waals surface area contributed by atoms with Crippen molar-refractivity contribution in [3.8, 4) is 11.5 Å². The van der Waals surface area contributed by atoms with Crippen molar-refractivity contribution in [3.63, 3.8) is 0 Å². The molecule has 21 heavy (non-hydrogen) atoms. The lowest BCUT2D eigenvalue weighted by molar-refractivity contribution is 0.0696. The third-order valence-corrected chi connectivity index (χ3v) is 3.30. The Balaban J connectivity index is 1.58. The number of carbonyl (C=O) groups is 1. The number of ether oxygens (including phenoxy) is 2. The molecule has 1 heterocycles. The van der Waals surface area contributed by atoms with E-state index in [4.69, 9.17) is 14.6 Å². The van der Waals surface area contributed by atoms with E-state index in [0.717, 1.165) is 5.56 Å². The lowest BCUT2D eigenvalue weighted by Gasteiger charge is -2.12. The molecule has 0 radical (unpaired) electrons. The van der Waals surface area contributed by atoms with Crippen LogP contribution in [0.5, 0.6) is 11.5 Å².